The molecule has 1 heterocycles. The molecule has 1 saturated heterocycles. The Morgan fingerprint density at radius 1 is 0.750 bits per heavy atom. The van der Waals surface area contributed by atoms with Crippen molar-refractivity contribution in [3.8, 4) is 11.5 Å². The topological polar surface area (TPSA) is 55.8 Å². The second-order valence-electron chi connectivity index (χ2n) is 9.27. The molecule has 3 aromatic rings. The number of ether oxygens (including phenoxy) is 2. The summed E-state index contributed by atoms with van der Waals surface area (Å²) in [5.74, 6) is 0.249. The van der Waals surface area contributed by atoms with Crippen LogP contribution in [0.3, 0.4) is 0 Å². The summed E-state index contributed by atoms with van der Waals surface area (Å²) in [5.41, 5.74) is 4.86. The molecule has 180 valence electrons. The number of methoxy groups -OCH3 is 2. The maximum Gasteiger partial charge on any atom is 0.238 e. The highest BCUT2D eigenvalue weighted by Crippen LogP contribution is 2.59. The van der Waals surface area contributed by atoms with E-state index in [-0.39, 0.29) is 23.7 Å². The monoisotopic (exact) mass is 541 g/mol. The largest absolute Gasteiger partial charge is 0.497 e. The molecule has 1 saturated carbocycles. The van der Waals surface area contributed by atoms with Crippen molar-refractivity contribution in [3.05, 3.63) is 106 Å². The predicted molar refractivity (Wildman–Crippen MR) is 142 cm³/mol. The van der Waals surface area contributed by atoms with Crippen LogP contribution in [0, 0.1) is 23.7 Å². The Morgan fingerprint density at radius 3 is 1.69 bits per heavy atom. The van der Waals surface area contributed by atoms with Crippen LogP contribution < -0.4 is 14.4 Å². The van der Waals surface area contributed by atoms with E-state index >= 15 is 0 Å². The van der Waals surface area contributed by atoms with Gasteiger partial charge in [-0.3, -0.25) is 9.59 Å². The molecule has 3 aliphatic rings. The fourth-order valence-corrected chi connectivity index (χ4v) is 6.37. The van der Waals surface area contributed by atoms with E-state index in [1.54, 1.807) is 14.2 Å². The SMILES string of the molecule is COc1ccc(C(=C2[C@H]3C=C[C@H]2[C@H]2C(=O)N(c4cccc(Br)c4)C(=O)[C@H]23)c2ccc(OC)cc2)cc1. The van der Waals surface area contributed by atoms with Gasteiger partial charge in [0.15, 0.2) is 0 Å². The number of carbonyl (C=O) groups is 2. The Morgan fingerprint density at radius 2 is 1.25 bits per heavy atom. The molecule has 6 heteroatoms. The fourth-order valence-electron chi connectivity index (χ4n) is 5.98. The summed E-state index contributed by atoms with van der Waals surface area (Å²) in [6.07, 6.45) is 4.23. The van der Waals surface area contributed by atoms with Crippen molar-refractivity contribution in [2.24, 2.45) is 23.7 Å². The van der Waals surface area contributed by atoms with Crippen LogP contribution >= 0.6 is 15.9 Å². The highest BCUT2D eigenvalue weighted by molar-refractivity contribution is 9.10. The molecule has 0 radical (unpaired) electrons. The zero-order chi connectivity index (χ0) is 25.0. The summed E-state index contributed by atoms with van der Waals surface area (Å²) in [6.45, 7) is 0. The van der Waals surface area contributed by atoms with E-state index in [9.17, 15) is 9.59 Å². The quantitative estimate of drug-likeness (QED) is 0.298. The van der Waals surface area contributed by atoms with Gasteiger partial charge in [0.05, 0.1) is 31.7 Å². The van der Waals surface area contributed by atoms with Crippen LogP contribution in [0.5, 0.6) is 11.5 Å². The van der Waals surface area contributed by atoms with Gasteiger partial charge in [-0.15, -0.1) is 0 Å². The number of amides is 2. The van der Waals surface area contributed by atoms with Crippen LogP contribution in [0.25, 0.3) is 5.57 Å². The molecule has 5 nitrogen and oxygen atoms in total. The van der Waals surface area contributed by atoms with Crippen LogP contribution in [0.15, 0.2) is 95.0 Å². The van der Waals surface area contributed by atoms with E-state index in [4.69, 9.17) is 9.47 Å². The Kier molecular flexibility index (Phi) is 5.56. The summed E-state index contributed by atoms with van der Waals surface area (Å²) < 4.78 is 11.6. The van der Waals surface area contributed by atoms with Gasteiger partial charge in [0.1, 0.15) is 11.5 Å². The summed E-state index contributed by atoms with van der Waals surface area (Å²) in [6, 6.07) is 23.3. The van der Waals surface area contributed by atoms with Crippen molar-refractivity contribution in [2.45, 2.75) is 0 Å². The van der Waals surface area contributed by atoms with Gasteiger partial charge in [0.25, 0.3) is 0 Å². The maximum atomic E-state index is 13.7. The number of hydrogen-bond donors (Lipinski definition) is 0. The molecule has 4 atom stereocenters. The number of anilines is 1. The van der Waals surface area contributed by atoms with Crippen LogP contribution in [0.1, 0.15) is 11.1 Å². The third-order valence-corrected chi connectivity index (χ3v) is 8.02. The maximum absolute atomic E-state index is 13.7. The van der Waals surface area contributed by atoms with Gasteiger partial charge in [-0.1, -0.05) is 58.4 Å². The Labute approximate surface area is 218 Å². The molecule has 2 aliphatic carbocycles. The minimum absolute atomic E-state index is 0.124. The lowest BCUT2D eigenvalue weighted by molar-refractivity contribution is -0.122. The number of hydrogen-bond acceptors (Lipinski definition) is 4. The molecule has 0 aromatic heterocycles. The van der Waals surface area contributed by atoms with Gasteiger partial charge in [-0.25, -0.2) is 4.90 Å². The fraction of sp³-hybridized carbons (Fsp3) is 0.200. The minimum Gasteiger partial charge on any atom is -0.497 e. The second-order valence-corrected chi connectivity index (χ2v) is 10.2. The zero-order valence-corrected chi connectivity index (χ0v) is 21.4. The van der Waals surface area contributed by atoms with Gasteiger partial charge in [0.2, 0.25) is 11.8 Å². The van der Waals surface area contributed by atoms with Crippen molar-refractivity contribution in [1.82, 2.24) is 0 Å². The van der Waals surface area contributed by atoms with E-state index < -0.39 is 11.8 Å². The molecule has 0 N–H and O–H groups in total. The highest BCUT2D eigenvalue weighted by atomic mass is 79.9. The van der Waals surface area contributed by atoms with Crippen LogP contribution in [-0.4, -0.2) is 26.0 Å². The molecule has 2 amide bonds. The highest BCUT2D eigenvalue weighted by Gasteiger charge is 2.62. The normalized spacial score (nSPS) is 23.9. The molecule has 3 aromatic carbocycles. The van der Waals surface area contributed by atoms with Gasteiger partial charge < -0.3 is 9.47 Å². The molecular weight excluding hydrogens is 518 g/mol. The van der Waals surface area contributed by atoms with Crippen LogP contribution in [-0.2, 0) is 9.59 Å². The zero-order valence-electron chi connectivity index (χ0n) is 19.9. The lowest BCUT2D eigenvalue weighted by atomic mass is 9.85. The number of allylic oxidation sites excluding steroid dienone is 3. The van der Waals surface area contributed by atoms with Crippen molar-refractivity contribution in [2.75, 3.05) is 19.1 Å². The average molecular weight is 542 g/mol. The van der Waals surface area contributed by atoms with Crippen molar-refractivity contribution in [1.29, 1.82) is 0 Å². The smallest absolute Gasteiger partial charge is 0.238 e. The first kappa shape index (κ1) is 22.8. The number of carbonyl (C=O) groups excluding carboxylic acids is 2. The standard InChI is InChI=1S/C30H24BrNO4/c1-35-21-10-6-17(7-11-21)25(18-8-12-22(36-2)13-9-18)26-23-14-15-24(26)28-27(23)29(33)32(30(28)34)20-5-3-4-19(31)16-20/h3-16,23-24,27-28H,1-2H3/t23-,24-,27-,28+/m1/s1. The van der Waals surface area contributed by atoms with Gasteiger partial charge >= 0.3 is 0 Å². The lowest BCUT2D eigenvalue weighted by Crippen LogP contribution is -2.33. The lowest BCUT2D eigenvalue weighted by Gasteiger charge is -2.22. The van der Waals surface area contributed by atoms with Gasteiger partial charge in [-0.05, 0) is 64.7 Å². The van der Waals surface area contributed by atoms with Crippen molar-refractivity contribution in [3.63, 3.8) is 0 Å². The Balaban J connectivity index is 1.48. The van der Waals surface area contributed by atoms with E-state index in [1.165, 1.54) is 4.90 Å². The molecular formula is C30H24BrNO4. The first-order valence-electron chi connectivity index (χ1n) is 11.9. The number of halogens is 1. The molecule has 6 rings (SSSR count). The number of nitrogens with zero attached hydrogens (tertiary/aromatic N) is 1. The molecule has 36 heavy (non-hydrogen) atoms. The number of rotatable bonds is 5. The van der Waals surface area contributed by atoms with Crippen LogP contribution in [0.2, 0.25) is 0 Å². The van der Waals surface area contributed by atoms with E-state index in [2.05, 4.69) is 28.1 Å². The molecule has 0 spiro atoms. The summed E-state index contributed by atoms with van der Waals surface area (Å²) in [5, 5.41) is 0. The van der Waals surface area contributed by atoms with Gasteiger partial charge in [-0.2, -0.15) is 0 Å². The predicted octanol–water partition coefficient (Wildman–Crippen LogP) is 5.89. The first-order valence-corrected chi connectivity index (χ1v) is 12.7. The molecule has 1 aliphatic heterocycles. The summed E-state index contributed by atoms with van der Waals surface area (Å²) >= 11 is 3.46. The van der Waals surface area contributed by atoms with Crippen molar-refractivity contribution < 1.29 is 19.1 Å². The number of benzene rings is 3. The molecule has 2 bridgehead atoms. The third kappa shape index (κ3) is 3.43. The Bertz CT molecular complexity index is 1340. The van der Waals surface area contributed by atoms with E-state index in [0.29, 0.717) is 5.69 Å². The number of imide groups is 1. The first-order chi connectivity index (χ1) is 17.5. The summed E-state index contributed by atoms with van der Waals surface area (Å²) in [4.78, 5) is 28.8. The average Bonchev–Trinajstić information content (AvgIpc) is 3.54. The summed E-state index contributed by atoms with van der Waals surface area (Å²) in [7, 11) is 3.29. The Hall–Kier alpha value is -3.64. The number of fused-ring (bicyclic) bond motifs is 5. The van der Waals surface area contributed by atoms with Crippen molar-refractivity contribution >= 4 is 39.0 Å². The molecule has 0 unspecified atom stereocenters. The molecule has 2 fully saturated rings. The van der Waals surface area contributed by atoms with Gasteiger partial charge in [0, 0.05) is 16.3 Å². The van der Waals surface area contributed by atoms with E-state index in [1.807, 2.05) is 72.8 Å². The van der Waals surface area contributed by atoms with E-state index in [0.717, 1.165) is 38.2 Å². The minimum atomic E-state index is -0.395. The van der Waals surface area contributed by atoms with Crippen LogP contribution in [0.4, 0.5) is 5.69 Å². The second kappa shape index (κ2) is 8.79. The third-order valence-electron chi connectivity index (χ3n) is 7.53.